The van der Waals surface area contributed by atoms with Gasteiger partial charge in [-0.1, -0.05) is 12.1 Å². The van der Waals surface area contributed by atoms with Crippen molar-refractivity contribution in [2.24, 2.45) is 0 Å². The van der Waals surface area contributed by atoms with Crippen molar-refractivity contribution in [3.8, 4) is 6.07 Å². The standard InChI is InChI=1S/C17H15NO3S/c1-12-2-8-16(22-12)15(19)7-9-17(20)21-11-14-5-3-13(10-18)4-6-14/h2-6,8H,7,9,11H2,1H3. The Balaban J connectivity index is 1.76. The number of aryl methyl sites for hydroxylation is 1. The number of benzene rings is 1. The molecule has 5 heteroatoms. The van der Waals surface area contributed by atoms with Gasteiger partial charge in [0.2, 0.25) is 0 Å². The number of hydrogen-bond donors (Lipinski definition) is 0. The average Bonchev–Trinajstić information content (AvgIpc) is 2.97. The monoisotopic (exact) mass is 313 g/mol. The Kier molecular flexibility index (Phi) is 5.45. The van der Waals surface area contributed by atoms with Crippen molar-refractivity contribution in [3.63, 3.8) is 0 Å². The molecule has 22 heavy (non-hydrogen) atoms. The smallest absolute Gasteiger partial charge is 0.306 e. The zero-order chi connectivity index (χ0) is 15.9. The first-order chi connectivity index (χ1) is 10.6. The maximum Gasteiger partial charge on any atom is 0.306 e. The van der Waals surface area contributed by atoms with Gasteiger partial charge in [-0.25, -0.2) is 0 Å². The summed E-state index contributed by atoms with van der Waals surface area (Å²) in [6, 6.07) is 12.5. The molecule has 0 unspecified atom stereocenters. The third-order valence-corrected chi connectivity index (χ3v) is 4.10. The third-order valence-electron chi connectivity index (χ3n) is 3.05. The van der Waals surface area contributed by atoms with Gasteiger partial charge in [-0.3, -0.25) is 9.59 Å². The van der Waals surface area contributed by atoms with Gasteiger partial charge in [-0.05, 0) is 36.8 Å². The maximum absolute atomic E-state index is 11.9. The Labute approximate surface area is 133 Å². The number of rotatable bonds is 6. The van der Waals surface area contributed by atoms with Crippen LogP contribution in [0.2, 0.25) is 0 Å². The number of hydrogen-bond acceptors (Lipinski definition) is 5. The van der Waals surface area contributed by atoms with E-state index in [9.17, 15) is 9.59 Å². The Morgan fingerprint density at radius 1 is 1.14 bits per heavy atom. The molecule has 0 saturated heterocycles. The summed E-state index contributed by atoms with van der Waals surface area (Å²) in [6.45, 7) is 2.09. The van der Waals surface area contributed by atoms with Crippen molar-refractivity contribution in [1.82, 2.24) is 0 Å². The summed E-state index contributed by atoms with van der Waals surface area (Å²) >= 11 is 1.43. The number of carbonyl (C=O) groups excluding carboxylic acids is 2. The fourth-order valence-electron chi connectivity index (χ4n) is 1.83. The highest BCUT2D eigenvalue weighted by Gasteiger charge is 2.12. The van der Waals surface area contributed by atoms with E-state index < -0.39 is 5.97 Å². The van der Waals surface area contributed by atoms with Gasteiger partial charge in [0.25, 0.3) is 0 Å². The first-order valence-electron chi connectivity index (χ1n) is 6.83. The largest absolute Gasteiger partial charge is 0.461 e. The van der Waals surface area contributed by atoms with Gasteiger partial charge in [-0.2, -0.15) is 5.26 Å². The quantitative estimate of drug-likeness (QED) is 0.603. The number of carbonyl (C=O) groups is 2. The first-order valence-corrected chi connectivity index (χ1v) is 7.64. The zero-order valence-electron chi connectivity index (χ0n) is 12.2. The number of nitriles is 1. The van der Waals surface area contributed by atoms with Gasteiger partial charge >= 0.3 is 5.97 Å². The summed E-state index contributed by atoms with van der Waals surface area (Å²) in [4.78, 5) is 25.3. The second-order valence-corrected chi connectivity index (χ2v) is 6.09. The Morgan fingerprint density at radius 2 is 1.86 bits per heavy atom. The number of nitrogens with zero attached hydrogens (tertiary/aromatic N) is 1. The van der Waals surface area contributed by atoms with Crippen LogP contribution in [0.1, 0.15) is 38.5 Å². The van der Waals surface area contributed by atoms with Crippen molar-refractivity contribution in [2.75, 3.05) is 0 Å². The van der Waals surface area contributed by atoms with Crippen molar-refractivity contribution >= 4 is 23.1 Å². The molecule has 0 saturated carbocycles. The molecule has 112 valence electrons. The molecule has 2 rings (SSSR count). The molecule has 0 bridgehead atoms. The Bertz CT molecular complexity index is 710. The average molecular weight is 313 g/mol. The highest BCUT2D eigenvalue weighted by molar-refractivity contribution is 7.14. The predicted octanol–water partition coefficient (Wildman–Crippen LogP) is 3.63. The fraction of sp³-hybridized carbons (Fsp3) is 0.235. The van der Waals surface area contributed by atoms with E-state index in [1.165, 1.54) is 11.3 Å². The summed E-state index contributed by atoms with van der Waals surface area (Å²) in [5, 5.41) is 8.70. The van der Waals surface area contributed by atoms with Crippen molar-refractivity contribution in [3.05, 3.63) is 57.3 Å². The zero-order valence-corrected chi connectivity index (χ0v) is 13.0. The highest BCUT2D eigenvalue weighted by Crippen LogP contribution is 2.17. The van der Waals surface area contributed by atoms with Crippen molar-refractivity contribution < 1.29 is 14.3 Å². The number of ether oxygens (including phenoxy) is 1. The Hall–Kier alpha value is -2.45. The van der Waals surface area contributed by atoms with Gasteiger partial charge in [-0.15, -0.1) is 11.3 Å². The molecule has 0 N–H and O–H groups in total. The van der Waals surface area contributed by atoms with Gasteiger partial charge in [0, 0.05) is 11.3 Å². The topological polar surface area (TPSA) is 67.2 Å². The van der Waals surface area contributed by atoms with E-state index in [0.717, 1.165) is 10.4 Å². The minimum Gasteiger partial charge on any atom is -0.461 e. The molecular weight excluding hydrogens is 298 g/mol. The van der Waals surface area contributed by atoms with Gasteiger partial charge in [0.05, 0.1) is 22.9 Å². The summed E-state index contributed by atoms with van der Waals surface area (Å²) in [5.74, 6) is -0.431. The lowest BCUT2D eigenvalue weighted by molar-refractivity contribution is -0.144. The molecule has 1 aromatic carbocycles. The van der Waals surface area contributed by atoms with E-state index in [1.807, 2.05) is 19.1 Å². The number of esters is 1. The van der Waals surface area contributed by atoms with E-state index in [4.69, 9.17) is 10.00 Å². The summed E-state index contributed by atoms with van der Waals surface area (Å²) in [7, 11) is 0. The molecule has 1 heterocycles. The lowest BCUT2D eigenvalue weighted by Gasteiger charge is -2.04. The van der Waals surface area contributed by atoms with E-state index in [-0.39, 0.29) is 25.2 Å². The maximum atomic E-state index is 11.9. The Morgan fingerprint density at radius 3 is 2.45 bits per heavy atom. The van der Waals surface area contributed by atoms with Crippen molar-refractivity contribution in [2.45, 2.75) is 26.4 Å². The lowest BCUT2D eigenvalue weighted by Crippen LogP contribution is -2.07. The molecule has 0 aliphatic heterocycles. The summed E-state index contributed by atoms with van der Waals surface area (Å²) < 4.78 is 5.12. The van der Waals surface area contributed by atoms with Crippen LogP contribution < -0.4 is 0 Å². The lowest BCUT2D eigenvalue weighted by atomic mass is 10.1. The molecule has 0 atom stereocenters. The van der Waals surface area contributed by atoms with Gasteiger partial charge in [0.1, 0.15) is 6.61 Å². The van der Waals surface area contributed by atoms with Gasteiger partial charge in [0.15, 0.2) is 5.78 Å². The summed E-state index contributed by atoms with van der Waals surface area (Å²) in [5.41, 5.74) is 1.37. The van der Waals surface area contributed by atoms with E-state index in [1.54, 1.807) is 30.3 Å². The molecule has 0 aliphatic carbocycles. The van der Waals surface area contributed by atoms with Crippen LogP contribution in [0.15, 0.2) is 36.4 Å². The molecule has 0 radical (unpaired) electrons. The first kappa shape index (κ1) is 15.9. The highest BCUT2D eigenvalue weighted by atomic mass is 32.1. The van der Waals surface area contributed by atoms with Crippen LogP contribution in [0.4, 0.5) is 0 Å². The second kappa shape index (κ2) is 7.53. The van der Waals surface area contributed by atoms with Crippen LogP contribution in [0.25, 0.3) is 0 Å². The molecule has 0 fully saturated rings. The van der Waals surface area contributed by atoms with E-state index >= 15 is 0 Å². The molecule has 4 nitrogen and oxygen atoms in total. The molecule has 0 spiro atoms. The molecule has 0 aliphatic rings. The molecular formula is C17H15NO3S. The molecule has 2 aromatic rings. The molecule has 0 amide bonds. The number of thiophene rings is 1. The van der Waals surface area contributed by atoms with Crippen LogP contribution in [0, 0.1) is 18.3 Å². The molecule has 1 aromatic heterocycles. The third kappa shape index (κ3) is 4.54. The minimum atomic E-state index is -0.397. The second-order valence-electron chi connectivity index (χ2n) is 4.80. The van der Waals surface area contributed by atoms with Crippen LogP contribution in [-0.2, 0) is 16.1 Å². The normalized spacial score (nSPS) is 10.0. The van der Waals surface area contributed by atoms with Crippen LogP contribution in [0.5, 0.6) is 0 Å². The fourth-order valence-corrected chi connectivity index (χ4v) is 2.67. The number of ketones is 1. The van der Waals surface area contributed by atoms with Crippen LogP contribution in [-0.4, -0.2) is 11.8 Å². The predicted molar refractivity (Wildman–Crippen MR) is 83.6 cm³/mol. The minimum absolute atomic E-state index is 0.0339. The van der Waals surface area contributed by atoms with Crippen LogP contribution >= 0.6 is 11.3 Å². The summed E-state index contributed by atoms with van der Waals surface area (Å²) in [6.07, 6.45) is 0.234. The van der Waals surface area contributed by atoms with E-state index in [2.05, 4.69) is 0 Å². The van der Waals surface area contributed by atoms with Crippen LogP contribution in [0.3, 0.4) is 0 Å². The van der Waals surface area contributed by atoms with Gasteiger partial charge < -0.3 is 4.74 Å². The number of Topliss-reactive ketones (excluding diaryl/α,β-unsaturated/α-hetero) is 1. The van der Waals surface area contributed by atoms with Crippen molar-refractivity contribution in [1.29, 1.82) is 5.26 Å². The SMILES string of the molecule is Cc1ccc(C(=O)CCC(=O)OCc2ccc(C#N)cc2)s1. The van der Waals surface area contributed by atoms with E-state index in [0.29, 0.717) is 10.4 Å².